The number of hydrogen-bond donors (Lipinski definition) is 2. The number of nitrogens with two attached hydrogens (primary N) is 1. The highest BCUT2D eigenvalue weighted by Gasteiger charge is 2.27. The number of urea groups is 1. The number of carbonyl (C=O) groups is 2. The lowest BCUT2D eigenvalue weighted by atomic mass is 9.97. The Hall–Kier alpha value is -2.05. The Bertz CT molecular complexity index is 569. The summed E-state index contributed by atoms with van der Waals surface area (Å²) in [5, 5.41) is 7.44. The summed E-state index contributed by atoms with van der Waals surface area (Å²) >= 11 is 0. The van der Waals surface area contributed by atoms with E-state index in [1.54, 1.807) is 4.90 Å². The molecule has 2 atom stereocenters. The van der Waals surface area contributed by atoms with Gasteiger partial charge in [0.15, 0.2) is 0 Å². The first-order valence-electron chi connectivity index (χ1n) is 8.20. The molecule has 1 aromatic rings. The minimum absolute atomic E-state index is 0.0103. The van der Waals surface area contributed by atoms with Gasteiger partial charge < -0.3 is 16.0 Å². The Morgan fingerprint density at radius 1 is 1.48 bits per heavy atom. The fourth-order valence-corrected chi connectivity index (χ4v) is 3.03. The summed E-state index contributed by atoms with van der Waals surface area (Å²) in [5.41, 5.74) is 7.44. The summed E-state index contributed by atoms with van der Waals surface area (Å²) in [6.07, 6.45) is 1.63. The second-order valence-electron chi connectivity index (χ2n) is 6.58. The molecule has 3 N–H and O–H groups in total. The van der Waals surface area contributed by atoms with E-state index in [4.69, 9.17) is 5.73 Å². The number of likely N-dealkylation sites (tertiary alicyclic amines) is 1. The van der Waals surface area contributed by atoms with E-state index in [2.05, 4.69) is 17.3 Å². The molecule has 7 heteroatoms. The Morgan fingerprint density at radius 3 is 2.83 bits per heavy atom. The van der Waals surface area contributed by atoms with Crippen LogP contribution in [0.2, 0.25) is 0 Å². The topological polar surface area (TPSA) is 93.3 Å². The third kappa shape index (κ3) is 4.71. The van der Waals surface area contributed by atoms with Crippen molar-refractivity contribution in [2.75, 3.05) is 19.6 Å². The average molecular weight is 321 g/mol. The first-order chi connectivity index (χ1) is 10.9. The largest absolute Gasteiger partial charge is 0.355 e. The molecule has 1 aliphatic rings. The predicted molar refractivity (Wildman–Crippen MR) is 87.8 cm³/mol. The second-order valence-corrected chi connectivity index (χ2v) is 6.58. The van der Waals surface area contributed by atoms with Crippen molar-refractivity contribution in [3.8, 4) is 0 Å². The molecule has 23 heavy (non-hydrogen) atoms. The molecule has 1 saturated heterocycles. The maximum absolute atomic E-state index is 12.3. The summed E-state index contributed by atoms with van der Waals surface area (Å²) in [4.78, 5) is 25.1. The van der Waals surface area contributed by atoms with Crippen LogP contribution in [0, 0.1) is 25.7 Å². The third-order valence-electron chi connectivity index (χ3n) is 4.32. The summed E-state index contributed by atoms with van der Waals surface area (Å²) in [6, 6.07) is 1.60. The number of rotatable bonds is 5. The van der Waals surface area contributed by atoms with Crippen molar-refractivity contribution in [1.82, 2.24) is 20.0 Å². The van der Waals surface area contributed by atoms with Crippen LogP contribution in [0.4, 0.5) is 4.79 Å². The molecule has 1 fully saturated rings. The van der Waals surface area contributed by atoms with E-state index in [1.807, 2.05) is 24.6 Å². The van der Waals surface area contributed by atoms with Crippen LogP contribution in [0.5, 0.6) is 0 Å². The molecule has 0 spiro atoms. The van der Waals surface area contributed by atoms with E-state index in [-0.39, 0.29) is 17.7 Å². The Labute approximate surface area is 137 Å². The highest BCUT2D eigenvalue weighted by molar-refractivity contribution is 5.80. The van der Waals surface area contributed by atoms with Gasteiger partial charge in [0.1, 0.15) is 0 Å². The van der Waals surface area contributed by atoms with Gasteiger partial charge in [-0.05, 0) is 38.7 Å². The van der Waals surface area contributed by atoms with E-state index in [9.17, 15) is 9.59 Å². The van der Waals surface area contributed by atoms with Crippen LogP contribution in [0.25, 0.3) is 0 Å². The monoisotopic (exact) mass is 321 g/mol. The summed E-state index contributed by atoms with van der Waals surface area (Å²) in [7, 11) is 0. The van der Waals surface area contributed by atoms with Crippen molar-refractivity contribution in [1.29, 1.82) is 0 Å². The van der Waals surface area contributed by atoms with E-state index < -0.39 is 6.03 Å². The molecule has 0 aliphatic carbocycles. The Kier molecular flexibility index (Phi) is 5.63. The van der Waals surface area contributed by atoms with Crippen molar-refractivity contribution in [2.24, 2.45) is 17.6 Å². The van der Waals surface area contributed by atoms with Crippen molar-refractivity contribution < 1.29 is 9.59 Å². The zero-order valence-electron chi connectivity index (χ0n) is 14.2. The zero-order chi connectivity index (χ0) is 17.0. The number of amides is 3. The molecule has 3 amide bonds. The van der Waals surface area contributed by atoms with Gasteiger partial charge in [0, 0.05) is 31.9 Å². The lowest BCUT2D eigenvalue weighted by Crippen LogP contribution is -2.47. The van der Waals surface area contributed by atoms with Crippen LogP contribution in [0.15, 0.2) is 6.07 Å². The summed E-state index contributed by atoms with van der Waals surface area (Å²) < 4.78 is 1.97. The van der Waals surface area contributed by atoms with Crippen molar-refractivity contribution in [2.45, 2.75) is 40.2 Å². The van der Waals surface area contributed by atoms with E-state index in [0.29, 0.717) is 19.6 Å². The predicted octanol–water partition coefficient (Wildman–Crippen LogP) is 1.04. The van der Waals surface area contributed by atoms with Gasteiger partial charge in [-0.15, -0.1) is 0 Å². The number of aromatic nitrogens is 2. The highest BCUT2D eigenvalue weighted by atomic mass is 16.2. The van der Waals surface area contributed by atoms with Crippen LogP contribution in [-0.4, -0.2) is 46.3 Å². The van der Waals surface area contributed by atoms with Crippen molar-refractivity contribution in [3.05, 3.63) is 17.5 Å². The van der Waals surface area contributed by atoms with E-state index in [1.165, 1.54) is 0 Å². The molecule has 2 rings (SSSR count). The van der Waals surface area contributed by atoms with E-state index in [0.717, 1.165) is 30.8 Å². The SMILES string of the molecule is Cc1cc(C)n(CC(C)CNC(=O)C2CCCN(C(N)=O)C2)n1. The molecule has 7 nitrogen and oxygen atoms in total. The van der Waals surface area contributed by atoms with E-state index >= 15 is 0 Å². The second kappa shape index (κ2) is 7.48. The lowest BCUT2D eigenvalue weighted by Gasteiger charge is -2.30. The number of hydrogen-bond acceptors (Lipinski definition) is 3. The molecule has 2 heterocycles. The number of primary amides is 1. The van der Waals surface area contributed by atoms with Crippen LogP contribution >= 0.6 is 0 Å². The number of nitrogens with one attached hydrogen (secondary N) is 1. The standard InChI is InChI=1S/C16H27N5O2/c1-11(9-21-13(3)7-12(2)19-21)8-18-15(22)14-5-4-6-20(10-14)16(17)23/h7,11,14H,4-6,8-10H2,1-3H3,(H2,17,23)(H,18,22). The van der Waals surface area contributed by atoms with Crippen molar-refractivity contribution in [3.63, 3.8) is 0 Å². The molecule has 0 saturated carbocycles. The van der Waals surface area contributed by atoms with Crippen LogP contribution in [0.3, 0.4) is 0 Å². The number of nitrogens with zero attached hydrogens (tertiary/aromatic N) is 3. The van der Waals surface area contributed by atoms with Gasteiger partial charge in [-0.3, -0.25) is 9.48 Å². The number of carbonyl (C=O) groups excluding carboxylic acids is 2. The molecule has 1 aromatic heterocycles. The maximum Gasteiger partial charge on any atom is 0.314 e. The van der Waals surface area contributed by atoms with Gasteiger partial charge in [0.25, 0.3) is 0 Å². The van der Waals surface area contributed by atoms with Crippen LogP contribution in [0.1, 0.15) is 31.2 Å². The molecule has 2 unspecified atom stereocenters. The summed E-state index contributed by atoms with van der Waals surface area (Å²) in [5.74, 6) is 0.140. The lowest BCUT2D eigenvalue weighted by molar-refractivity contribution is -0.126. The molecule has 128 valence electrons. The van der Waals surface area contributed by atoms with Crippen LogP contribution in [-0.2, 0) is 11.3 Å². The first kappa shape index (κ1) is 17.3. The molecular weight excluding hydrogens is 294 g/mol. The van der Waals surface area contributed by atoms with Gasteiger partial charge in [-0.1, -0.05) is 6.92 Å². The quantitative estimate of drug-likeness (QED) is 0.848. The highest BCUT2D eigenvalue weighted by Crippen LogP contribution is 2.16. The Morgan fingerprint density at radius 2 is 2.22 bits per heavy atom. The molecular formula is C16H27N5O2. The molecule has 1 aliphatic heterocycles. The van der Waals surface area contributed by atoms with Crippen LogP contribution < -0.4 is 11.1 Å². The molecule has 0 radical (unpaired) electrons. The minimum atomic E-state index is -0.444. The maximum atomic E-state index is 12.3. The fourth-order valence-electron chi connectivity index (χ4n) is 3.03. The zero-order valence-corrected chi connectivity index (χ0v) is 14.2. The average Bonchev–Trinajstić information content (AvgIpc) is 2.82. The number of aryl methyl sites for hydroxylation is 2. The first-order valence-corrected chi connectivity index (χ1v) is 8.20. The van der Waals surface area contributed by atoms with Gasteiger partial charge in [-0.2, -0.15) is 5.10 Å². The van der Waals surface area contributed by atoms with Gasteiger partial charge in [0.2, 0.25) is 5.91 Å². The Balaban J connectivity index is 1.79. The van der Waals surface area contributed by atoms with Gasteiger partial charge >= 0.3 is 6.03 Å². The van der Waals surface area contributed by atoms with Crippen molar-refractivity contribution >= 4 is 11.9 Å². The molecule has 0 bridgehead atoms. The normalized spacial score (nSPS) is 19.4. The van der Waals surface area contributed by atoms with Gasteiger partial charge in [-0.25, -0.2) is 4.79 Å². The molecule has 0 aromatic carbocycles. The third-order valence-corrected chi connectivity index (χ3v) is 4.32. The fraction of sp³-hybridized carbons (Fsp3) is 0.688. The minimum Gasteiger partial charge on any atom is -0.355 e. The summed E-state index contributed by atoms with van der Waals surface area (Å²) in [6.45, 7) is 8.55. The number of piperidine rings is 1. The van der Waals surface area contributed by atoms with Gasteiger partial charge in [0.05, 0.1) is 11.6 Å². The smallest absolute Gasteiger partial charge is 0.314 e.